The van der Waals surface area contributed by atoms with Gasteiger partial charge in [0.15, 0.2) is 0 Å². The predicted molar refractivity (Wildman–Crippen MR) is 73.2 cm³/mol. The lowest BCUT2D eigenvalue weighted by atomic mass is 10.2. The van der Waals surface area contributed by atoms with E-state index in [0.717, 1.165) is 11.3 Å². The summed E-state index contributed by atoms with van der Waals surface area (Å²) in [5, 5.41) is 0.534. The topological polar surface area (TPSA) is 44.5 Å². The van der Waals surface area contributed by atoms with Crippen LogP contribution in [0.3, 0.4) is 0 Å². The zero-order chi connectivity index (χ0) is 13.0. The van der Waals surface area contributed by atoms with E-state index >= 15 is 0 Å². The predicted octanol–water partition coefficient (Wildman–Crippen LogP) is 3.51. The second kappa shape index (κ2) is 5.65. The summed E-state index contributed by atoms with van der Waals surface area (Å²) in [5.74, 6) is 1.53. The van der Waals surface area contributed by atoms with Crippen LogP contribution in [0, 0.1) is 0 Å². The lowest BCUT2D eigenvalue weighted by Gasteiger charge is -2.08. The Morgan fingerprint density at radius 2 is 1.72 bits per heavy atom. The molecule has 4 heteroatoms. The van der Waals surface area contributed by atoms with Crippen LogP contribution in [0.5, 0.6) is 11.5 Å². The molecule has 2 rings (SSSR count). The van der Waals surface area contributed by atoms with Crippen molar-refractivity contribution in [3.05, 3.63) is 53.1 Å². The van der Waals surface area contributed by atoms with Gasteiger partial charge in [-0.1, -0.05) is 23.7 Å². The van der Waals surface area contributed by atoms with Gasteiger partial charge < -0.3 is 15.2 Å². The third-order valence-electron chi connectivity index (χ3n) is 2.53. The largest absolute Gasteiger partial charge is 0.497 e. The number of nitrogen functional groups attached to an aromatic ring is 1. The molecule has 0 radical (unpaired) electrons. The fourth-order valence-corrected chi connectivity index (χ4v) is 1.62. The second-order valence-corrected chi connectivity index (χ2v) is 4.23. The highest BCUT2D eigenvalue weighted by Crippen LogP contribution is 2.24. The molecule has 2 N–H and O–H groups in total. The smallest absolute Gasteiger partial charge is 0.121 e. The van der Waals surface area contributed by atoms with Gasteiger partial charge in [0, 0.05) is 6.07 Å². The van der Waals surface area contributed by atoms with Crippen LogP contribution in [0.25, 0.3) is 0 Å². The number of benzene rings is 2. The highest BCUT2D eigenvalue weighted by Gasteiger charge is 2.00. The molecule has 0 heterocycles. The van der Waals surface area contributed by atoms with Crippen molar-refractivity contribution in [2.24, 2.45) is 0 Å². The minimum Gasteiger partial charge on any atom is -0.497 e. The Hall–Kier alpha value is -1.87. The van der Waals surface area contributed by atoms with E-state index in [9.17, 15) is 0 Å². The van der Waals surface area contributed by atoms with Crippen molar-refractivity contribution in [1.29, 1.82) is 0 Å². The Bertz CT molecular complexity index is 526. The number of ether oxygens (including phenoxy) is 2. The lowest BCUT2D eigenvalue weighted by Crippen LogP contribution is -1.96. The molecular weight excluding hydrogens is 250 g/mol. The Morgan fingerprint density at radius 1 is 1.06 bits per heavy atom. The van der Waals surface area contributed by atoms with Crippen molar-refractivity contribution in [1.82, 2.24) is 0 Å². The summed E-state index contributed by atoms with van der Waals surface area (Å²) in [6.45, 7) is 0.477. The van der Waals surface area contributed by atoms with Crippen molar-refractivity contribution in [2.45, 2.75) is 6.61 Å². The summed E-state index contributed by atoms with van der Waals surface area (Å²) in [4.78, 5) is 0. The third kappa shape index (κ3) is 3.08. The average Bonchev–Trinajstić information content (AvgIpc) is 2.41. The molecule has 0 atom stereocenters. The molecule has 0 aliphatic rings. The van der Waals surface area contributed by atoms with Crippen molar-refractivity contribution in [3.63, 3.8) is 0 Å². The number of nitrogens with two attached hydrogens (primary N) is 1. The average molecular weight is 264 g/mol. The van der Waals surface area contributed by atoms with Gasteiger partial charge in [0.25, 0.3) is 0 Å². The molecule has 0 aromatic heterocycles. The van der Waals surface area contributed by atoms with E-state index in [0.29, 0.717) is 23.1 Å². The van der Waals surface area contributed by atoms with Gasteiger partial charge in [-0.15, -0.1) is 0 Å². The monoisotopic (exact) mass is 263 g/mol. The zero-order valence-corrected chi connectivity index (χ0v) is 10.8. The molecule has 18 heavy (non-hydrogen) atoms. The van der Waals surface area contributed by atoms with E-state index in [4.69, 9.17) is 26.8 Å². The Morgan fingerprint density at radius 3 is 2.33 bits per heavy atom. The van der Waals surface area contributed by atoms with Crippen LogP contribution in [0.2, 0.25) is 5.02 Å². The molecule has 94 valence electrons. The van der Waals surface area contributed by atoms with Crippen molar-refractivity contribution >= 4 is 17.3 Å². The van der Waals surface area contributed by atoms with E-state index in [2.05, 4.69) is 0 Å². The molecule has 0 spiro atoms. The lowest BCUT2D eigenvalue weighted by molar-refractivity contribution is 0.306. The van der Waals surface area contributed by atoms with Gasteiger partial charge in [-0.3, -0.25) is 0 Å². The maximum atomic E-state index is 5.84. The van der Waals surface area contributed by atoms with E-state index in [1.165, 1.54) is 0 Å². The maximum Gasteiger partial charge on any atom is 0.121 e. The first-order chi connectivity index (χ1) is 8.69. The summed E-state index contributed by atoms with van der Waals surface area (Å²) in [6, 6.07) is 12.9. The van der Waals surface area contributed by atoms with Crippen molar-refractivity contribution < 1.29 is 9.47 Å². The number of hydrogen-bond acceptors (Lipinski definition) is 3. The molecule has 0 unspecified atom stereocenters. The van der Waals surface area contributed by atoms with Gasteiger partial charge in [0.2, 0.25) is 0 Å². The Balaban J connectivity index is 1.99. The van der Waals surface area contributed by atoms with Crippen molar-refractivity contribution in [3.8, 4) is 11.5 Å². The van der Waals surface area contributed by atoms with Gasteiger partial charge in [0.05, 0.1) is 17.8 Å². The number of hydrogen-bond donors (Lipinski definition) is 1. The summed E-state index contributed by atoms with van der Waals surface area (Å²) >= 11 is 5.84. The minimum atomic E-state index is 0.477. The second-order valence-electron chi connectivity index (χ2n) is 3.82. The fraction of sp³-hybridized carbons (Fsp3) is 0.143. The first-order valence-corrected chi connectivity index (χ1v) is 5.87. The first kappa shape index (κ1) is 12.6. The number of halogens is 1. The number of rotatable bonds is 4. The van der Waals surface area contributed by atoms with Gasteiger partial charge in [-0.25, -0.2) is 0 Å². The van der Waals surface area contributed by atoms with Crippen molar-refractivity contribution in [2.75, 3.05) is 12.8 Å². The molecule has 0 aliphatic carbocycles. The van der Waals surface area contributed by atoms with Crippen LogP contribution < -0.4 is 15.2 Å². The number of methoxy groups -OCH3 is 1. The molecule has 0 bridgehead atoms. The third-order valence-corrected chi connectivity index (χ3v) is 2.88. The summed E-state index contributed by atoms with van der Waals surface area (Å²) in [6.07, 6.45) is 0. The standard InChI is InChI=1S/C14H14ClNO2/c1-17-11-4-2-10(3-5-11)9-18-12-6-7-13(15)14(16)8-12/h2-8H,9,16H2,1H3. The van der Waals surface area contributed by atoms with E-state index in [-0.39, 0.29) is 0 Å². The van der Waals surface area contributed by atoms with E-state index < -0.39 is 0 Å². The highest BCUT2D eigenvalue weighted by molar-refractivity contribution is 6.33. The fourth-order valence-electron chi connectivity index (χ4n) is 1.50. The highest BCUT2D eigenvalue weighted by atomic mass is 35.5. The van der Waals surface area contributed by atoms with Gasteiger partial charge >= 0.3 is 0 Å². The molecule has 0 amide bonds. The number of anilines is 1. The molecular formula is C14H14ClNO2. The van der Waals surface area contributed by atoms with Crippen LogP contribution >= 0.6 is 11.6 Å². The molecule has 3 nitrogen and oxygen atoms in total. The van der Waals surface area contributed by atoms with Crippen LogP contribution in [0.15, 0.2) is 42.5 Å². The summed E-state index contributed by atoms with van der Waals surface area (Å²) in [5.41, 5.74) is 7.28. The summed E-state index contributed by atoms with van der Waals surface area (Å²) in [7, 11) is 1.64. The molecule has 0 fully saturated rings. The van der Waals surface area contributed by atoms with Crippen LogP contribution in [0.1, 0.15) is 5.56 Å². The van der Waals surface area contributed by atoms with Gasteiger partial charge in [-0.2, -0.15) is 0 Å². The molecule has 2 aromatic carbocycles. The van der Waals surface area contributed by atoms with Crippen LogP contribution in [-0.4, -0.2) is 7.11 Å². The van der Waals surface area contributed by atoms with Gasteiger partial charge in [-0.05, 0) is 29.8 Å². The minimum absolute atomic E-state index is 0.477. The maximum absolute atomic E-state index is 5.84. The van der Waals surface area contributed by atoms with Gasteiger partial charge in [0.1, 0.15) is 18.1 Å². The van der Waals surface area contributed by atoms with Crippen LogP contribution in [-0.2, 0) is 6.61 Å². The molecule has 0 saturated heterocycles. The molecule has 2 aromatic rings. The molecule has 0 saturated carbocycles. The SMILES string of the molecule is COc1ccc(COc2ccc(Cl)c(N)c2)cc1. The van der Waals surface area contributed by atoms with Crippen LogP contribution in [0.4, 0.5) is 5.69 Å². The molecule has 0 aliphatic heterocycles. The van der Waals surface area contributed by atoms with E-state index in [1.807, 2.05) is 24.3 Å². The first-order valence-electron chi connectivity index (χ1n) is 5.50. The quantitative estimate of drug-likeness (QED) is 0.859. The van der Waals surface area contributed by atoms with E-state index in [1.54, 1.807) is 25.3 Å². The Kier molecular flexibility index (Phi) is 3.95. The normalized spacial score (nSPS) is 10.1. The zero-order valence-electron chi connectivity index (χ0n) is 10.0. The Labute approximate surface area is 111 Å². The summed E-state index contributed by atoms with van der Waals surface area (Å²) < 4.78 is 10.7.